The first-order valence-corrected chi connectivity index (χ1v) is 7.15. The highest BCUT2D eigenvalue weighted by Crippen LogP contribution is 2.25. The summed E-state index contributed by atoms with van der Waals surface area (Å²) in [7, 11) is 0. The Bertz CT molecular complexity index is 768. The molecule has 22 heavy (non-hydrogen) atoms. The average molecular weight is 294 g/mol. The molecule has 0 fully saturated rings. The van der Waals surface area contributed by atoms with Crippen molar-refractivity contribution in [3.8, 4) is 0 Å². The van der Waals surface area contributed by atoms with Gasteiger partial charge in [0.05, 0.1) is 11.3 Å². The van der Waals surface area contributed by atoms with Gasteiger partial charge in [0.2, 0.25) is 0 Å². The van der Waals surface area contributed by atoms with Gasteiger partial charge in [0, 0.05) is 23.5 Å². The van der Waals surface area contributed by atoms with Crippen molar-refractivity contribution in [2.24, 2.45) is 5.10 Å². The lowest BCUT2D eigenvalue weighted by Crippen LogP contribution is -2.15. The van der Waals surface area contributed by atoms with Crippen molar-refractivity contribution in [1.82, 2.24) is 10.4 Å². The quantitative estimate of drug-likeness (QED) is 0.600. The molecular formula is C17H18N4O. The number of H-pyrrole nitrogens is 1. The molecule has 3 rings (SSSR count). The second-order valence-electron chi connectivity index (χ2n) is 5.52. The lowest BCUT2D eigenvalue weighted by atomic mass is 9.91. The third-order valence-corrected chi connectivity index (χ3v) is 3.79. The molecule has 1 aliphatic heterocycles. The van der Waals surface area contributed by atoms with E-state index in [0.717, 1.165) is 28.2 Å². The Balaban J connectivity index is 1.93. The van der Waals surface area contributed by atoms with E-state index in [9.17, 15) is 4.79 Å². The fourth-order valence-corrected chi connectivity index (χ4v) is 2.52. The number of nitrogens with one attached hydrogen (secondary N) is 2. The molecule has 0 saturated carbocycles. The predicted octanol–water partition coefficient (Wildman–Crippen LogP) is 2.58. The van der Waals surface area contributed by atoms with Gasteiger partial charge < -0.3 is 10.7 Å². The van der Waals surface area contributed by atoms with Crippen molar-refractivity contribution in [3.05, 3.63) is 58.9 Å². The Morgan fingerprint density at radius 1 is 1.27 bits per heavy atom. The number of aryl methyl sites for hydroxylation is 1. The molecule has 4 N–H and O–H groups in total. The number of hydrogen-bond acceptors (Lipinski definition) is 3. The lowest BCUT2D eigenvalue weighted by Gasteiger charge is -2.12. The minimum absolute atomic E-state index is 0.00172. The first-order chi connectivity index (χ1) is 10.5. The molecule has 1 amide bonds. The second-order valence-corrected chi connectivity index (χ2v) is 5.52. The maximum atomic E-state index is 12.1. The Morgan fingerprint density at radius 2 is 2.00 bits per heavy atom. The molecule has 5 heteroatoms. The van der Waals surface area contributed by atoms with Crippen LogP contribution in [-0.4, -0.2) is 16.6 Å². The highest BCUT2D eigenvalue weighted by atomic mass is 16.2. The summed E-state index contributed by atoms with van der Waals surface area (Å²) in [6.45, 7) is 4.03. The van der Waals surface area contributed by atoms with Crippen LogP contribution in [-0.2, 0) is 4.79 Å². The summed E-state index contributed by atoms with van der Waals surface area (Å²) >= 11 is 0. The van der Waals surface area contributed by atoms with Crippen LogP contribution in [0.5, 0.6) is 0 Å². The van der Waals surface area contributed by atoms with E-state index in [1.165, 1.54) is 0 Å². The highest BCUT2D eigenvalue weighted by molar-refractivity contribution is 6.29. The van der Waals surface area contributed by atoms with Crippen LogP contribution >= 0.6 is 0 Å². The predicted molar refractivity (Wildman–Crippen MR) is 88.4 cm³/mol. The molecule has 2 heterocycles. The zero-order valence-electron chi connectivity index (χ0n) is 12.6. The largest absolute Gasteiger partial charge is 0.399 e. The van der Waals surface area contributed by atoms with Crippen molar-refractivity contribution in [2.75, 3.05) is 5.73 Å². The molecule has 1 atom stereocenters. The molecule has 0 spiro atoms. The van der Waals surface area contributed by atoms with Crippen LogP contribution < -0.4 is 11.2 Å². The first kappa shape index (κ1) is 14.1. The molecule has 1 unspecified atom stereocenters. The number of aromatic nitrogens is 1. The number of hydrazone groups is 1. The van der Waals surface area contributed by atoms with Gasteiger partial charge in [-0.3, -0.25) is 4.79 Å². The fourth-order valence-electron chi connectivity index (χ4n) is 2.52. The van der Waals surface area contributed by atoms with E-state index in [-0.39, 0.29) is 11.8 Å². The average Bonchev–Trinajstić information content (AvgIpc) is 3.07. The summed E-state index contributed by atoms with van der Waals surface area (Å²) in [6, 6.07) is 9.62. The topological polar surface area (TPSA) is 83.3 Å². The Kier molecular flexibility index (Phi) is 3.55. The molecule has 0 saturated heterocycles. The Morgan fingerprint density at radius 3 is 2.64 bits per heavy atom. The Hall–Kier alpha value is -2.82. The fraction of sp³-hybridized carbons (Fsp3) is 0.176. The number of aromatic amines is 1. The number of nitrogen functional groups attached to an aromatic ring is 1. The molecule has 5 nitrogen and oxygen atoms in total. The Labute approximate surface area is 128 Å². The van der Waals surface area contributed by atoms with Crippen molar-refractivity contribution < 1.29 is 4.79 Å². The summed E-state index contributed by atoms with van der Waals surface area (Å²) in [4.78, 5) is 15.2. The van der Waals surface area contributed by atoms with Crippen LogP contribution in [0.15, 0.2) is 47.2 Å². The van der Waals surface area contributed by atoms with Gasteiger partial charge >= 0.3 is 0 Å². The van der Waals surface area contributed by atoms with Gasteiger partial charge in [-0.1, -0.05) is 19.1 Å². The normalized spacial score (nSPS) is 17.5. The number of carbonyl (C=O) groups is 1. The van der Waals surface area contributed by atoms with Crippen LogP contribution in [0.1, 0.15) is 29.7 Å². The summed E-state index contributed by atoms with van der Waals surface area (Å²) in [5, 5.41) is 4.20. The van der Waals surface area contributed by atoms with Gasteiger partial charge in [-0.15, -0.1) is 0 Å². The van der Waals surface area contributed by atoms with E-state index in [1.54, 1.807) is 0 Å². The van der Waals surface area contributed by atoms with Crippen LogP contribution in [0.3, 0.4) is 0 Å². The van der Waals surface area contributed by atoms with Gasteiger partial charge in [0.1, 0.15) is 0 Å². The molecular weight excluding hydrogens is 276 g/mol. The number of carbonyl (C=O) groups excluding carboxylic acids is 1. The number of benzene rings is 1. The number of nitrogens with zero attached hydrogens (tertiary/aromatic N) is 1. The zero-order valence-corrected chi connectivity index (χ0v) is 12.6. The SMILES string of the molecule is Cc1c[nH]c(/C=C2/C(=O)NN=C2C(C)c2ccc(N)cc2)c1. The highest BCUT2D eigenvalue weighted by Gasteiger charge is 2.27. The summed E-state index contributed by atoms with van der Waals surface area (Å²) in [5.74, 6) is -0.175. The van der Waals surface area contributed by atoms with Crippen LogP contribution in [0.4, 0.5) is 5.69 Å². The van der Waals surface area contributed by atoms with Gasteiger partial charge in [0.25, 0.3) is 5.91 Å². The molecule has 0 aliphatic carbocycles. The van der Waals surface area contributed by atoms with E-state index in [4.69, 9.17) is 5.73 Å². The molecule has 2 aromatic rings. The van der Waals surface area contributed by atoms with Gasteiger partial charge in [-0.2, -0.15) is 5.10 Å². The summed E-state index contributed by atoms with van der Waals surface area (Å²) in [5.41, 5.74) is 13.4. The molecule has 0 radical (unpaired) electrons. The van der Waals surface area contributed by atoms with Crippen molar-refractivity contribution in [2.45, 2.75) is 19.8 Å². The first-order valence-electron chi connectivity index (χ1n) is 7.15. The maximum absolute atomic E-state index is 12.1. The number of anilines is 1. The van der Waals surface area contributed by atoms with Crippen LogP contribution in [0.2, 0.25) is 0 Å². The number of amides is 1. The van der Waals surface area contributed by atoms with Crippen molar-refractivity contribution in [3.63, 3.8) is 0 Å². The molecule has 112 valence electrons. The minimum Gasteiger partial charge on any atom is -0.399 e. The molecule has 1 aromatic heterocycles. The number of hydrogen-bond donors (Lipinski definition) is 3. The lowest BCUT2D eigenvalue weighted by molar-refractivity contribution is -0.116. The van der Waals surface area contributed by atoms with Crippen LogP contribution in [0.25, 0.3) is 6.08 Å². The smallest absolute Gasteiger partial charge is 0.273 e. The van der Waals surface area contributed by atoms with Gasteiger partial charge in [-0.25, -0.2) is 5.43 Å². The van der Waals surface area contributed by atoms with Crippen molar-refractivity contribution >= 4 is 23.4 Å². The molecule has 1 aliphatic rings. The monoisotopic (exact) mass is 294 g/mol. The van der Waals surface area contributed by atoms with E-state index in [2.05, 4.69) is 15.5 Å². The van der Waals surface area contributed by atoms with Crippen molar-refractivity contribution in [1.29, 1.82) is 0 Å². The third kappa shape index (κ3) is 2.65. The summed E-state index contributed by atoms with van der Waals surface area (Å²) < 4.78 is 0. The number of rotatable bonds is 3. The van der Waals surface area contributed by atoms with Gasteiger partial charge in [0.15, 0.2) is 0 Å². The van der Waals surface area contributed by atoms with E-state index in [1.807, 2.05) is 56.5 Å². The van der Waals surface area contributed by atoms with E-state index < -0.39 is 0 Å². The van der Waals surface area contributed by atoms with E-state index >= 15 is 0 Å². The van der Waals surface area contributed by atoms with E-state index in [0.29, 0.717) is 5.57 Å². The standard InChI is InChI=1S/C17H18N4O/c1-10-7-14(19-9-10)8-15-16(20-21-17(15)22)11(2)12-3-5-13(18)6-4-12/h3-9,11,19H,18H2,1-2H3,(H,21,22)/b15-8+. The van der Waals surface area contributed by atoms with Gasteiger partial charge in [-0.05, 0) is 42.3 Å². The van der Waals surface area contributed by atoms with Crippen LogP contribution in [0, 0.1) is 6.92 Å². The molecule has 0 bridgehead atoms. The second kappa shape index (κ2) is 5.52. The zero-order chi connectivity index (χ0) is 15.7. The maximum Gasteiger partial charge on any atom is 0.273 e. The summed E-state index contributed by atoms with van der Waals surface area (Å²) in [6.07, 6.45) is 3.74. The third-order valence-electron chi connectivity index (χ3n) is 3.79. The number of nitrogens with two attached hydrogens (primary N) is 1. The molecule has 1 aromatic carbocycles. The minimum atomic E-state index is -0.176.